The van der Waals surface area contributed by atoms with Gasteiger partial charge in [-0.1, -0.05) is 12.1 Å². The number of rotatable bonds is 3. The van der Waals surface area contributed by atoms with Crippen LogP contribution in [0.3, 0.4) is 0 Å². The van der Waals surface area contributed by atoms with Crippen molar-refractivity contribution in [2.45, 2.75) is 6.54 Å². The van der Waals surface area contributed by atoms with Gasteiger partial charge in [0.15, 0.2) is 11.6 Å². The van der Waals surface area contributed by atoms with E-state index in [0.29, 0.717) is 15.4 Å². The van der Waals surface area contributed by atoms with E-state index in [-0.39, 0.29) is 17.9 Å². The highest BCUT2D eigenvalue weighted by molar-refractivity contribution is 7.18. The smallest absolute Gasteiger partial charge is 0.185 e. The second-order valence-corrected chi connectivity index (χ2v) is 5.26. The topological polar surface area (TPSA) is 24.9 Å². The number of anilines is 1. The second kappa shape index (κ2) is 5.13. The molecule has 0 fully saturated rings. The molecule has 0 aliphatic heterocycles. The van der Waals surface area contributed by atoms with Gasteiger partial charge < -0.3 is 5.32 Å². The Morgan fingerprint density at radius 2 is 1.80 bits per heavy atom. The number of fused-ring (bicyclic) bond motifs is 1. The summed E-state index contributed by atoms with van der Waals surface area (Å²) in [4.78, 5) is 4.04. The van der Waals surface area contributed by atoms with E-state index in [0.717, 1.165) is 6.07 Å². The van der Waals surface area contributed by atoms with Crippen LogP contribution in [0.2, 0.25) is 0 Å². The molecule has 3 aromatic rings. The third-order valence-electron chi connectivity index (χ3n) is 2.80. The van der Waals surface area contributed by atoms with Gasteiger partial charge in [0.1, 0.15) is 16.3 Å². The Hall–Kier alpha value is -2.08. The summed E-state index contributed by atoms with van der Waals surface area (Å²) >= 11 is 1.24. The SMILES string of the molecule is Fc1ccccc1NCc1nc2c(F)c(F)ccc2s1. The van der Waals surface area contributed by atoms with Crippen LogP contribution in [0.5, 0.6) is 0 Å². The molecule has 0 atom stereocenters. The molecule has 2 nitrogen and oxygen atoms in total. The molecule has 20 heavy (non-hydrogen) atoms. The molecule has 0 aliphatic carbocycles. The summed E-state index contributed by atoms with van der Waals surface area (Å²) in [6.45, 7) is 0.251. The van der Waals surface area contributed by atoms with E-state index >= 15 is 0 Å². The first-order valence-corrected chi connectivity index (χ1v) is 6.68. The monoisotopic (exact) mass is 294 g/mol. The van der Waals surface area contributed by atoms with E-state index in [1.165, 1.54) is 23.5 Å². The highest BCUT2D eigenvalue weighted by atomic mass is 32.1. The zero-order valence-electron chi connectivity index (χ0n) is 10.2. The van der Waals surface area contributed by atoms with Crippen molar-refractivity contribution in [2.75, 3.05) is 5.32 Å². The molecule has 0 saturated carbocycles. The zero-order valence-corrected chi connectivity index (χ0v) is 11.0. The number of thiazole rings is 1. The second-order valence-electron chi connectivity index (χ2n) is 4.15. The fraction of sp³-hybridized carbons (Fsp3) is 0.0714. The number of nitrogens with zero attached hydrogens (tertiary/aromatic N) is 1. The molecule has 102 valence electrons. The molecule has 0 unspecified atom stereocenters. The zero-order chi connectivity index (χ0) is 14.1. The van der Waals surface area contributed by atoms with Gasteiger partial charge in [-0.25, -0.2) is 18.2 Å². The number of para-hydroxylation sites is 1. The van der Waals surface area contributed by atoms with E-state index in [1.807, 2.05) is 0 Å². The Labute approximate surface area is 116 Å². The molecule has 2 aromatic carbocycles. The quantitative estimate of drug-likeness (QED) is 0.778. The number of nitrogens with one attached hydrogen (secondary N) is 1. The minimum Gasteiger partial charge on any atom is -0.376 e. The van der Waals surface area contributed by atoms with Gasteiger partial charge in [0.2, 0.25) is 0 Å². The summed E-state index contributed by atoms with van der Waals surface area (Å²) in [5.74, 6) is -2.24. The van der Waals surface area contributed by atoms with Crippen LogP contribution in [0.4, 0.5) is 18.9 Å². The van der Waals surface area contributed by atoms with Crippen LogP contribution in [0, 0.1) is 17.5 Å². The number of aromatic nitrogens is 1. The Morgan fingerprint density at radius 1 is 1.00 bits per heavy atom. The van der Waals surface area contributed by atoms with Crippen LogP contribution in [0.1, 0.15) is 5.01 Å². The maximum atomic E-state index is 13.5. The Kier molecular flexibility index (Phi) is 3.31. The molecule has 0 spiro atoms. The molecule has 1 heterocycles. The van der Waals surface area contributed by atoms with E-state index < -0.39 is 11.6 Å². The van der Waals surface area contributed by atoms with Crippen molar-refractivity contribution in [1.29, 1.82) is 0 Å². The minimum absolute atomic E-state index is 0.0142. The number of hydrogen-bond donors (Lipinski definition) is 1. The van der Waals surface area contributed by atoms with Gasteiger partial charge in [-0.15, -0.1) is 11.3 Å². The van der Waals surface area contributed by atoms with Crippen LogP contribution in [-0.2, 0) is 6.54 Å². The molecule has 0 radical (unpaired) electrons. The first-order valence-electron chi connectivity index (χ1n) is 5.87. The molecule has 0 aliphatic rings. The first kappa shape index (κ1) is 12.9. The summed E-state index contributed by atoms with van der Waals surface area (Å²) in [6.07, 6.45) is 0. The molecule has 0 amide bonds. The average Bonchev–Trinajstić information content (AvgIpc) is 2.86. The lowest BCUT2D eigenvalue weighted by molar-refractivity contribution is 0.515. The van der Waals surface area contributed by atoms with Gasteiger partial charge in [-0.3, -0.25) is 0 Å². The van der Waals surface area contributed by atoms with Crippen molar-refractivity contribution in [3.63, 3.8) is 0 Å². The summed E-state index contributed by atoms with van der Waals surface area (Å²) < 4.78 is 40.6. The summed E-state index contributed by atoms with van der Waals surface area (Å²) in [5, 5.41) is 3.44. The van der Waals surface area contributed by atoms with Crippen molar-refractivity contribution in [1.82, 2.24) is 4.98 Å². The molecule has 0 saturated heterocycles. The molecular weight excluding hydrogens is 285 g/mol. The molecule has 0 bridgehead atoms. The van der Waals surface area contributed by atoms with E-state index in [9.17, 15) is 13.2 Å². The number of hydrogen-bond acceptors (Lipinski definition) is 3. The molecule has 3 rings (SSSR count). The Morgan fingerprint density at radius 3 is 2.60 bits per heavy atom. The van der Waals surface area contributed by atoms with E-state index in [1.54, 1.807) is 18.2 Å². The summed E-state index contributed by atoms with van der Waals surface area (Å²) in [5.41, 5.74) is 0.360. The van der Waals surface area contributed by atoms with Crippen LogP contribution >= 0.6 is 11.3 Å². The standard InChI is InChI=1S/C14H9F3N2S/c15-8-3-1-2-4-10(8)18-7-12-19-14-11(20-12)6-5-9(16)13(14)17/h1-6,18H,7H2. The molecule has 6 heteroatoms. The first-order chi connectivity index (χ1) is 9.65. The van der Waals surface area contributed by atoms with Crippen molar-refractivity contribution in [2.24, 2.45) is 0 Å². The van der Waals surface area contributed by atoms with Gasteiger partial charge in [-0.2, -0.15) is 0 Å². The fourth-order valence-electron chi connectivity index (χ4n) is 1.83. The van der Waals surface area contributed by atoms with Gasteiger partial charge in [0.25, 0.3) is 0 Å². The maximum Gasteiger partial charge on any atom is 0.185 e. The number of halogens is 3. The predicted octanol–water partition coefficient (Wildman–Crippen LogP) is 4.33. The van der Waals surface area contributed by atoms with Gasteiger partial charge in [0, 0.05) is 0 Å². The van der Waals surface area contributed by atoms with Crippen LogP contribution in [0.25, 0.3) is 10.2 Å². The van der Waals surface area contributed by atoms with Gasteiger partial charge in [-0.05, 0) is 24.3 Å². The molecule has 1 N–H and O–H groups in total. The third kappa shape index (κ3) is 2.34. The molecular formula is C14H9F3N2S. The number of benzene rings is 2. The fourth-order valence-corrected chi connectivity index (χ4v) is 2.74. The van der Waals surface area contributed by atoms with Crippen LogP contribution in [-0.4, -0.2) is 4.98 Å². The Balaban J connectivity index is 1.85. The lowest BCUT2D eigenvalue weighted by Crippen LogP contribution is -2.00. The largest absolute Gasteiger partial charge is 0.376 e. The molecule has 1 aromatic heterocycles. The normalized spacial score (nSPS) is 10.9. The average molecular weight is 294 g/mol. The van der Waals surface area contributed by atoms with Crippen LogP contribution < -0.4 is 5.32 Å². The minimum atomic E-state index is -0.948. The lowest BCUT2D eigenvalue weighted by atomic mass is 10.3. The van der Waals surface area contributed by atoms with Gasteiger partial charge in [0.05, 0.1) is 16.9 Å². The highest BCUT2D eigenvalue weighted by Crippen LogP contribution is 2.26. The lowest BCUT2D eigenvalue weighted by Gasteiger charge is -2.04. The third-order valence-corrected chi connectivity index (χ3v) is 3.82. The van der Waals surface area contributed by atoms with Crippen molar-refractivity contribution in [3.8, 4) is 0 Å². The van der Waals surface area contributed by atoms with Crippen molar-refractivity contribution < 1.29 is 13.2 Å². The van der Waals surface area contributed by atoms with E-state index in [4.69, 9.17) is 0 Å². The maximum absolute atomic E-state index is 13.5. The highest BCUT2D eigenvalue weighted by Gasteiger charge is 2.12. The predicted molar refractivity (Wildman–Crippen MR) is 73.3 cm³/mol. The Bertz CT molecular complexity index is 770. The van der Waals surface area contributed by atoms with E-state index in [2.05, 4.69) is 10.3 Å². The summed E-state index contributed by atoms with van der Waals surface area (Å²) in [7, 11) is 0. The van der Waals surface area contributed by atoms with Crippen LogP contribution in [0.15, 0.2) is 36.4 Å². The summed E-state index contributed by atoms with van der Waals surface area (Å²) in [6, 6.07) is 8.80. The van der Waals surface area contributed by atoms with Crippen molar-refractivity contribution >= 4 is 27.2 Å². The van der Waals surface area contributed by atoms with Gasteiger partial charge >= 0.3 is 0 Å². The van der Waals surface area contributed by atoms with Crippen molar-refractivity contribution in [3.05, 3.63) is 58.9 Å².